The Morgan fingerprint density at radius 1 is 1.16 bits per heavy atom. The van der Waals surface area contributed by atoms with Gasteiger partial charge < -0.3 is 5.11 Å². The van der Waals surface area contributed by atoms with Gasteiger partial charge in [-0.25, -0.2) is 0 Å². The van der Waals surface area contributed by atoms with E-state index in [1.54, 1.807) is 0 Å². The van der Waals surface area contributed by atoms with Crippen molar-refractivity contribution in [2.45, 2.75) is 47.0 Å². The Morgan fingerprint density at radius 2 is 1.79 bits per heavy atom. The third-order valence-electron chi connectivity index (χ3n) is 3.20. The number of carboxylic acids is 1. The minimum atomic E-state index is -0.857. The average molecular weight is 262 g/mol. The lowest BCUT2D eigenvalue weighted by Crippen LogP contribution is -2.22. The highest BCUT2D eigenvalue weighted by molar-refractivity contribution is 5.82. The van der Waals surface area contributed by atoms with Crippen LogP contribution in [-0.4, -0.2) is 16.9 Å². The van der Waals surface area contributed by atoms with E-state index in [2.05, 4.69) is 0 Å². The van der Waals surface area contributed by atoms with Gasteiger partial charge in [-0.2, -0.15) is 0 Å². The molecule has 0 atom stereocenters. The van der Waals surface area contributed by atoms with Crippen molar-refractivity contribution in [1.82, 2.24) is 0 Å². The number of hydrogen-bond donors (Lipinski definition) is 1. The number of aliphatic carboxylic acids is 1. The summed E-state index contributed by atoms with van der Waals surface area (Å²) in [5.41, 5.74) is 2.80. The first-order chi connectivity index (χ1) is 8.69. The van der Waals surface area contributed by atoms with Crippen molar-refractivity contribution in [3.63, 3.8) is 0 Å². The number of carbonyl (C=O) groups is 2. The fraction of sp³-hybridized carbons (Fsp3) is 0.500. The molecule has 3 heteroatoms. The van der Waals surface area contributed by atoms with E-state index in [-0.39, 0.29) is 12.2 Å². The Kier molecular flexibility index (Phi) is 4.87. The summed E-state index contributed by atoms with van der Waals surface area (Å²) in [6, 6.07) is 6.06. The number of hydrogen-bond acceptors (Lipinski definition) is 2. The van der Waals surface area contributed by atoms with Crippen LogP contribution in [0.1, 0.15) is 43.4 Å². The van der Waals surface area contributed by atoms with Crippen LogP contribution >= 0.6 is 0 Å². The molecule has 0 aliphatic heterocycles. The van der Waals surface area contributed by atoms with Crippen LogP contribution in [0.25, 0.3) is 0 Å². The van der Waals surface area contributed by atoms with Crippen LogP contribution in [0.4, 0.5) is 0 Å². The van der Waals surface area contributed by atoms with Crippen molar-refractivity contribution in [2.24, 2.45) is 5.41 Å². The molecule has 19 heavy (non-hydrogen) atoms. The quantitative estimate of drug-likeness (QED) is 0.855. The molecule has 1 rings (SSSR count). The van der Waals surface area contributed by atoms with E-state index in [0.29, 0.717) is 12.8 Å². The molecule has 0 aliphatic carbocycles. The lowest BCUT2D eigenvalue weighted by atomic mass is 9.82. The largest absolute Gasteiger partial charge is 0.481 e. The summed E-state index contributed by atoms with van der Waals surface area (Å²) in [6.07, 6.45) is 0.703. The zero-order chi connectivity index (χ0) is 14.6. The minimum absolute atomic E-state index is 0.0194. The van der Waals surface area contributed by atoms with Gasteiger partial charge in [0, 0.05) is 12.8 Å². The third kappa shape index (κ3) is 5.25. The predicted molar refractivity (Wildman–Crippen MR) is 75.3 cm³/mol. The van der Waals surface area contributed by atoms with Crippen LogP contribution in [0.5, 0.6) is 0 Å². The maximum Gasteiger partial charge on any atom is 0.303 e. The third-order valence-corrected chi connectivity index (χ3v) is 3.20. The smallest absolute Gasteiger partial charge is 0.303 e. The van der Waals surface area contributed by atoms with Gasteiger partial charge in [0.05, 0.1) is 6.42 Å². The molecule has 0 unspecified atom stereocenters. The van der Waals surface area contributed by atoms with Crippen molar-refractivity contribution in [2.75, 3.05) is 0 Å². The van der Waals surface area contributed by atoms with Gasteiger partial charge in [0.1, 0.15) is 5.78 Å². The van der Waals surface area contributed by atoms with Gasteiger partial charge in [-0.05, 0) is 30.4 Å². The first kappa shape index (κ1) is 15.4. The topological polar surface area (TPSA) is 54.4 Å². The number of carbonyl (C=O) groups excluding carboxylic acids is 1. The Balaban J connectivity index is 2.70. The summed E-state index contributed by atoms with van der Waals surface area (Å²) in [7, 11) is 0. The number of rotatable bonds is 6. The van der Waals surface area contributed by atoms with Crippen LogP contribution in [0.15, 0.2) is 18.2 Å². The second-order valence-electron chi connectivity index (χ2n) is 6.06. The molecular weight excluding hydrogens is 240 g/mol. The van der Waals surface area contributed by atoms with Crippen molar-refractivity contribution < 1.29 is 14.7 Å². The summed E-state index contributed by atoms with van der Waals surface area (Å²) in [5, 5.41) is 8.82. The highest BCUT2D eigenvalue weighted by Gasteiger charge is 2.25. The molecule has 0 fully saturated rings. The second kappa shape index (κ2) is 6.00. The van der Waals surface area contributed by atoms with Gasteiger partial charge >= 0.3 is 5.97 Å². The monoisotopic (exact) mass is 262 g/mol. The Bertz CT molecular complexity index is 487. The first-order valence-corrected chi connectivity index (χ1v) is 6.49. The summed E-state index contributed by atoms with van der Waals surface area (Å²) in [5.74, 6) is -0.760. The van der Waals surface area contributed by atoms with E-state index >= 15 is 0 Å². The van der Waals surface area contributed by atoms with Gasteiger partial charge in [0.25, 0.3) is 0 Å². The van der Waals surface area contributed by atoms with E-state index in [1.807, 2.05) is 45.9 Å². The molecule has 3 nitrogen and oxygen atoms in total. The van der Waals surface area contributed by atoms with E-state index in [1.165, 1.54) is 0 Å². The highest BCUT2D eigenvalue weighted by atomic mass is 16.4. The zero-order valence-electron chi connectivity index (χ0n) is 12.1. The molecule has 104 valence electrons. The number of aryl methyl sites for hydroxylation is 2. The molecule has 1 N–H and O–H groups in total. The highest BCUT2D eigenvalue weighted by Crippen LogP contribution is 2.26. The van der Waals surface area contributed by atoms with Crippen molar-refractivity contribution in [3.05, 3.63) is 34.9 Å². The fourth-order valence-corrected chi connectivity index (χ4v) is 2.27. The first-order valence-electron chi connectivity index (χ1n) is 6.49. The van der Waals surface area contributed by atoms with E-state index in [9.17, 15) is 9.59 Å². The molecule has 0 bridgehead atoms. The second-order valence-corrected chi connectivity index (χ2v) is 6.06. The predicted octanol–water partition coefficient (Wildman–Crippen LogP) is 3.31. The molecule has 0 aromatic heterocycles. The molecule has 1 aromatic carbocycles. The van der Waals surface area contributed by atoms with Crippen LogP contribution < -0.4 is 0 Å². The van der Waals surface area contributed by atoms with Crippen molar-refractivity contribution >= 4 is 11.8 Å². The van der Waals surface area contributed by atoms with Crippen molar-refractivity contribution in [3.8, 4) is 0 Å². The van der Waals surface area contributed by atoms with Crippen LogP contribution in [0.2, 0.25) is 0 Å². The summed E-state index contributed by atoms with van der Waals surface area (Å²) in [4.78, 5) is 22.8. The molecular formula is C16H22O3. The number of ketones is 1. The number of benzene rings is 1. The normalized spacial score (nSPS) is 11.4. The van der Waals surface area contributed by atoms with E-state index in [0.717, 1.165) is 16.7 Å². The Hall–Kier alpha value is -1.64. The molecule has 0 aliphatic rings. The molecule has 0 spiro atoms. The van der Waals surface area contributed by atoms with Gasteiger partial charge in [0.2, 0.25) is 0 Å². The molecule has 1 aromatic rings. The number of Topliss-reactive ketones (excluding diaryl/α,β-unsaturated/α-hetero) is 1. The lowest BCUT2D eigenvalue weighted by molar-refractivity contribution is -0.139. The maximum absolute atomic E-state index is 12.1. The van der Waals surface area contributed by atoms with Gasteiger partial charge in [-0.1, -0.05) is 37.6 Å². The SMILES string of the molecule is Cc1ccc(C)c(CC(=O)CC(C)(C)CC(=O)O)c1. The molecule has 0 saturated heterocycles. The van der Waals surface area contributed by atoms with E-state index in [4.69, 9.17) is 5.11 Å². The van der Waals surface area contributed by atoms with Gasteiger partial charge in [0.15, 0.2) is 0 Å². The lowest BCUT2D eigenvalue weighted by Gasteiger charge is -2.21. The van der Waals surface area contributed by atoms with Gasteiger partial charge in [-0.15, -0.1) is 0 Å². The fourth-order valence-electron chi connectivity index (χ4n) is 2.27. The molecule has 0 heterocycles. The molecule has 0 radical (unpaired) electrons. The standard InChI is InChI=1S/C16H22O3/c1-11-5-6-12(2)13(7-11)8-14(17)9-16(3,4)10-15(18)19/h5-7H,8-10H2,1-4H3,(H,18,19). The van der Waals surface area contributed by atoms with Gasteiger partial charge in [-0.3, -0.25) is 9.59 Å². The molecule has 0 amide bonds. The number of carboxylic acid groups (broad SMARTS) is 1. The average Bonchev–Trinajstić information content (AvgIpc) is 2.20. The summed E-state index contributed by atoms with van der Waals surface area (Å²) in [6.45, 7) is 7.64. The Labute approximate surface area is 114 Å². The van der Waals surface area contributed by atoms with Crippen LogP contribution in [-0.2, 0) is 16.0 Å². The van der Waals surface area contributed by atoms with Crippen LogP contribution in [0, 0.1) is 19.3 Å². The maximum atomic E-state index is 12.1. The zero-order valence-corrected chi connectivity index (χ0v) is 12.1. The van der Waals surface area contributed by atoms with Crippen molar-refractivity contribution in [1.29, 1.82) is 0 Å². The Morgan fingerprint density at radius 3 is 2.37 bits per heavy atom. The summed E-state index contributed by atoms with van der Waals surface area (Å²) >= 11 is 0. The molecule has 0 saturated carbocycles. The minimum Gasteiger partial charge on any atom is -0.481 e. The van der Waals surface area contributed by atoms with E-state index < -0.39 is 11.4 Å². The van der Waals surface area contributed by atoms with Crippen LogP contribution in [0.3, 0.4) is 0 Å². The summed E-state index contributed by atoms with van der Waals surface area (Å²) < 4.78 is 0.